The number of ether oxygens (including phenoxy) is 3. The molecule has 0 aliphatic rings. The monoisotopic (exact) mass is 203 g/mol. The maximum atomic E-state index is 10.8. The van der Waals surface area contributed by atoms with Crippen molar-refractivity contribution in [2.45, 2.75) is 26.4 Å². The summed E-state index contributed by atoms with van der Waals surface area (Å²) >= 11 is 0. The predicted octanol–water partition coefficient (Wildman–Crippen LogP) is 1.44. The van der Waals surface area contributed by atoms with Crippen molar-refractivity contribution < 1.29 is 28.6 Å². The highest BCUT2D eigenvalue weighted by atomic mass is 16.8. The number of hydrogen-bond acceptors (Lipinski definition) is 6. The van der Waals surface area contributed by atoms with Crippen LogP contribution in [-0.4, -0.2) is 23.9 Å². The van der Waals surface area contributed by atoms with Crippen LogP contribution in [0.15, 0.2) is 0 Å². The first-order valence-corrected chi connectivity index (χ1v) is 3.69. The van der Waals surface area contributed by atoms with E-state index in [1.165, 1.54) is 13.8 Å². The number of carbonyl (C=O) groups excluding carboxylic acids is 3. The van der Waals surface area contributed by atoms with Crippen molar-refractivity contribution in [1.29, 1.82) is 0 Å². The maximum absolute atomic E-state index is 10.8. The van der Waals surface area contributed by atoms with Crippen LogP contribution < -0.4 is 0 Å². The molecule has 0 bridgehead atoms. The Kier molecular flexibility index (Phi) is 3.95. The lowest BCUT2D eigenvalue weighted by Gasteiger charge is -2.11. The van der Waals surface area contributed by atoms with Crippen molar-refractivity contribution in [3.8, 4) is 0 Å². The quantitative estimate of drug-likeness (QED) is 0.364. The molecule has 0 atom stereocenters. The minimum Gasteiger partial charge on any atom is -0.387 e. The summed E-state index contributed by atoms with van der Waals surface area (Å²) in [6.45, 7) is 7.42. The van der Waals surface area contributed by atoms with Gasteiger partial charge in [-0.05, 0) is 0 Å². The highest BCUT2D eigenvalue weighted by Crippen LogP contribution is 2.07. The molecule has 0 aliphatic heterocycles. The molecule has 0 aromatic heterocycles. The third-order valence-electron chi connectivity index (χ3n) is 0.753. The number of hydrogen-bond donors (Lipinski definition) is 0. The molecule has 0 N–H and O–H groups in total. The first kappa shape index (κ1) is 12.3. The van der Waals surface area contributed by atoms with Crippen LogP contribution in [0.4, 0.5) is 9.59 Å². The lowest BCUT2D eigenvalue weighted by atomic mass is 10.2. The molecular weight excluding hydrogens is 192 g/mol. The van der Waals surface area contributed by atoms with Gasteiger partial charge >= 0.3 is 18.3 Å². The summed E-state index contributed by atoms with van der Waals surface area (Å²) < 4.78 is 12.4. The normalized spacial score (nSPS) is 10.2. The molecule has 0 saturated carbocycles. The second kappa shape index (κ2) is 4.50. The third kappa shape index (κ3) is 6.96. The third-order valence-corrected chi connectivity index (χ3v) is 0.753. The molecule has 0 heterocycles. The molecule has 0 saturated heterocycles. The summed E-state index contributed by atoms with van der Waals surface area (Å²) in [5.74, 6) is -0.878. The molecule has 0 radical (unpaired) electrons. The van der Waals surface area contributed by atoms with Crippen molar-refractivity contribution in [2.24, 2.45) is 0 Å². The SMILES string of the molecule is [CH2+]C(C)(C)OC(=O)OC(=O)OC(C)=O. The summed E-state index contributed by atoms with van der Waals surface area (Å²) in [6, 6.07) is 0. The maximum Gasteiger partial charge on any atom is 0.526 e. The van der Waals surface area contributed by atoms with Crippen molar-refractivity contribution in [1.82, 2.24) is 0 Å². The molecule has 0 amide bonds. The molecule has 0 aromatic rings. The summed E-state index contributed by atoms with van der Waals surface area (Å²) in [7, 11) is 0. The van der Waals surface area contributed by atoms with Gasteiger partial charge in [-0.1, -0.05) is 0 Å². The smallest absolute Gasteiger partial charge is 0.387 e. The largest absolute Gasteiger partial charge is 0.526 e. The van der Waals surface area contributed by atoms with Gasteiger partial charge in [0.2, 0.25) is 5.60 Å². The van der Waals surface area contributed by atoms with Crippen molar-refractivity contribution in [2.75, 3.05) is 0 Å². The van der Waals surface area contributed by atoms with E-state index in [1.807, 2.05) is 0 Å². The van der Waals surface area contributed by atoms with Gasteiger partial charge in [0.25, 0.3) is 0 Å². The van der Waals surface area contributed by atoms with Gasteiger partial charge in [-0.15, -0.1) is 0 Å². The minimum absolute atomic E-state index is 0.878. The zero-order valence-electron chi connectivity index (χ0n) is 8.16. The van der Waals surface area contributed by atoms with Crippen LogP contribution in [0.5, 0.6) is 0 Å². The van der Waals surface area contributed by atoms with Gasteiger partial charge in [0, 0.05) is 20.8 Å². The van der Waals surface area contributed by atoms with Crippen LogP contribution in [0.3, 0.4) is 0 Å². The fraction of sp³-hybridized carbons (Fsp3) is 0.500. The molecule has 14 heavy (non-hydrogen) atoms. The molecule has 0 fully saturated rings. The zero-order valence-corrected chi connectivity index (χ0v) is 8.16. The Labute approximate surface area is 81.1 Å². The Balaban J connectivity index is 3.96. The Bertz CT molecular complexity index is 249. The molecule has 6 heteroatoms. The molecule has 0 spiro atoms. The second-order valence-corrected chi connectivity index (χ2v) is 3.06. The van der Waals surface area contributed by atoms with Gasteiger partial charge in [0.15, 0.2) is 0 Å². The van der Waals surface area contributed by atoms with E-state index in [9.17, 15) is 14.4 Å². The fourth-order valence-corrected chi connectivity index (χ4v) is 0.453. The molecular formula is C8H11O6+. The second-order valence-electron chi connectivity index (χ2n) is 3.06. The Morgan fingerprint density at radius 2 is 1.57 bits per heavy atom. The number of esters is 1. The Morgan fingerprint density at radius 1 is 1.07 bits per heavy atom. The standard InChI is InChI=1S/C8H11O6/c1-5(9)12-6(10)13-7(11)14-8(2,3)4/h2H2,1,3-4H3/q+1. The van der Waals surface area contributed by atoms with Crippen LogP contribution in [0.1, 0.15) is 20.8 Å². The van der Waals surface area contributed by atoms with Gasteiger partial charge in [-0.2, -0.15) is 0 Å². The van der Waals surface area contributed by atoms with E-state index >= 15 is 0 Å². The fourth-order valence-electron chi connectivity index (χ4n) is 0.453. The van der Waals surface area contributed by atoms with E-state index in [1.54, 1.807) is 0 Å². The van der Waals surface area contributed by atoms with E-state index in [-0.39, 0.29) is 0 Å². The minimum atomic E-state index is -1.42. The molecule has 0 rings (SSSR count). The van der Waals surface area contributed by atoms with E-state index < -0.39 is 23.9 Å². The highest BCUT2D eigenvalue weighted by Gasteiger charge is 2.26. The van der Waals surface area contributed by atoms with Gasteiger partial charge in [-0.3, -0.25) is 4.79 Å². The summed E-state index contributed by atoms with van der Waals surface area (Å²) in [5, 5.41) is 0. The topological polar surface area (TPSA) is 78.9 Å². The summed E-state index contributed by atoms with van der Waals surface area (Å²) in [4.78, 5) is 31.6. The van der Waals surface area contributed by atoms with Gasteiger partial charge in [-0.25, -0.2) is 9.59 Å². The summed E-state index contributed by atoms with van der Waals surface area (Å²) in [5.41, 5.74) is -1.02. The lowest BCUT2D eigenvalue weighted by Crippen LogP contribution is -2.27. The van der Waals surface area contributed by atoms with Gasteiger partial charge in [0.05, 0.1) is 0 Å². The van der Waals surface area contributed by atoms with Crippen molar-refractivity contribution in [3.05, 3.63) is 6.92 Å². The van der Waals surface area contributed by atoms with Crippen molar-refractivity contribution >= 4 is 18.3 Å². The average Bonchev–Trinajstić information content (AvgIpc) is 1.77. The van der Waals surface area contributed by atoms with Crippen molar-refractivity contribution in [3.63, 3.8) is 0 Å². The first-order chi connectivity index (χ1) is 6.20. The van der Waals surface area contributed by atoms with E-state index in [0.29, 0.717) is 0 Å². The molecule has 0 unspecified atom stereocenters. The summed E-state index contributed by atoms with van der Waals surface area (Å²) in [6.07, 6.45) is -2.69. The van der Waals surface area contributed by atoms with Crippen LogP contribution in [0, 0.1) is 6.92 Å². The van der Waals surface area contributed by atoms with E-state index in [2.05, 4.69) is 21.1 Å². The molecule has 0 aliphatic carbocycles. The van der Waals surface area contributed by atoms with Gasteiger partial charge in [0.1, 0.15) is 6.92 Å². The highest BCUT2D eigenvalue weighted by molar-refractivity contribution is 5.85. The zero-order chi connectivity index (χ0) is 11.4. The van der Waals surface area contributed by atoms with Crippen LogP contribution >= 0.6 is 0 Å². The molecule has 0 aromatic carbocycles. The molecule has 6 nitrogen and oxygen atoms in total. The first-order valence-electron chi connectivity index (χ1n) is 3.69. The molecule has 78 valence electrons. The average molecular weight is 203 g/mol. The van der Waals surface area contributed by atoms with E-state index in [0.717, 1.165) is 6.92 Å². The van der Waals surface area contributed by atoms with Crippen LogP contribution in [0.25, 0.3) is 0 Å². The Hall–Kier alpha value is -1.72. The van der Waals surface area contributed by atoms with Gasteiger partial charge < -0.3 is 14.2 Å². The van der Waals surface area contributed by atoms with Crippen LogP contribution in [-0.2, 0) is 19.0 Å². The van der Waals surface area contributed by atoms with Crippen LogP contribution in [0.2, 0.25) is 0 Å². The number of rotatable bonds is 1. The predicted molar refractivity (Wildman–Crippen MR) is 44.2 cm³/mol. The lowest BCUT2D eigenvalue weighted by molar-refractivity contribution is -0.136. The van der Waals surface area contributed by atoms with E-state index in [4.69, 9.17) is 0 Å². The Morgan fingerprint density at radius 3 is 1.93 bits per heavy atom. The number of carbonyl (C=O) groups is 3.